The molecule has 0 unspecified atom stereocenters. The molecule has 0 aliphatic carbocycles. The highest BCUT2D eigenvalue weighted by atomic mass is 35.5. The Hall–Kier alpha value is -2.79. The zero-order valence-corrected chi connectivity index (χ0v) is 17.7. The van der Waals surface area contributed by atoms with Gasteiger partial charge in [-0.2, -0.15) is 0 Å². The molecule has 0 bridgehead atoms. The Kier molecular flexibility index (Phi) is 6.28. The highest BCUT2D eigenvalue weighted by Gasteiger charge is 2.40. The smallest absolute Gasteiger partial charge is 0.277 e. The van der Waals surface area contributed by atoms with Crippen molar-refractivity contribution in [2.45, 2.75) is 33.8 Å². The molecule has 6 heteroatoms. The normalized spacial score (nSPS) is 14.4. The van der Waals surface area contributed by atoms with E-state index >= 15 is 0 Å². The molecular weight excluding hydrogens is 390 g/mol. The van der Waals surface area contributed by atoms with Crippen LogP contribution in [0.4, 0.5) is 5.69 Å². The molecule has 0 saturated carbocycles. The van der Waals surface area contributed by atoms with Gasteiger partial charge in [-0.25, -0.2) is 4.90 Å². The molecule has 0 aromatic heterocycles. The Bertz CT molecular complexity index is 948. The van der Waals surface area contributed by atoms with Gasteiger partial charge in [0.1, 0.15) is 16.5 Å². The first-order chi connectivity index (χ1) is 13.8. The number of rotatable bonds is 7. The van der Waals surface area contributed by atoms with E-state index in [1.165, 1.54) is 0 Å². The zero-order chi connectivity index (χ0) is 21.1. The number of benzene rings is 2. The van der Waals surface area contributed by atoms with Crippen molar-refractivity contribution in [1.82, 2.24) is 0 Å². The van der Waals surface area contributed by atoms with Crippen LogP contribution in [0.5, 0.6) is 11.5 Å². The Labute approximate surface area is 175 Å². The molecule has 2 aromatic rings. The Balaban J connectivity index is 1.90. The van der Waals surface area contributed by atoms with Gasteiger partial charge in [-0.3, -0.25) is 9.59 Å². The lowest BCUT2D eigenvalue weighted by molar-refractivity contribution is -0.119. The minimum absolute atomic E-state index is 0.106. The SMILES string of the molecule is CC(C)COc1ccc(C2=C(Cl)C(=O)N(c3ccccc3OC(C)C)C2=O)cc1. The van der Waals surface area contributed by atoms with Crippen molar-refractivity contribution in [1.29, 1.82) is 0 Å². The highest BCUT2D eigenvalue weighted by Crippen LogP contribution is 2.39. The van der Waals surface area contributed by atoms with Crippen LogP contribution in [0, 0.1) is 5.92 Å². The summed E-state index contributed by atoms with van der Waals surface area (Å²) in [6.45, 7) is 8.49. The second-order valence-corrected chi connectivity index (χ2v) is 7.88. The first-order valence-electron chi connectivity index (χ1n) is 9.57. The summed E-state index contributed by atoms with van der Waals surface area (Å²) in [6.07, 6.45) is -0.106. The van der Waals surface area contributed by atoms with Crippen LogP contribution in [0.2, 0.25) is 0 Å². The fourth-order valence-corrected chi connectivity index (χ4v) is 3.22. The number of anilines is 1. The van der Waals surface area contributed by atoms with Gasteiger partial charge >= 0.3 is 0 Å². The number of hydrogen-bond donors (Lipinski definition) is 0. The summed E-state index contributed by atoms with van der Waals surface area (Å²) in [5, 5.41) is -0.106. The number of imide groups is 1. The van der Waals surface area contributed by atoms with Crippen molar-refractivity contribution < 1.29 is 19.1 Å². The first kappa shape index (κ1) is 20.9. The van der Waals surface area contributed by atoms with Crippen molar-refractivity contribution in [3.05, 3.63) is 59.1 Å². The van der Waals surface area contributed by atoms with E-state index in [4.69, 9.17) is 21.1 Å². The summed E-state index contributed by atoms with van der Waals surface area (Å²) in [4.78, 5) is 27.0. The van der Waals surface area contributed by atoms with E-state index < -0.39 is 11.8 Å². The van der Waals surface area contributed by atoms with Crippen LogP contribution in [0.25, 0.3) is 5.57 Å². The lowest BCUT2D eigenvalue weighted by atomic mass is 10.1. The van der Waals surface area contributed by atoms with E-state index in [1.807, 2.05) is 13.8 Å². The molecule has 2 aromatic carbocycles. The third-order valence-electron chi connectivity index (χ3n) is 4.22. The van der Waals surface area contributed by atoms with Crippen LogP contribution >= 0.6 is 11.6 Å². The minimum atomic E-state index is -0.563. The number of carbonyl (C=O) groups excluding carboxylic acids is 2. The monoisotopic (exact) mass is 413 g/mol. The average Bonchev–Trinajstić information content (AvgIpc) is 2.89. The molecule has 0 saturated heterocycles. The topological polar surface area (TPSA) is 55.8 Å². The molecule has 152 valence electrons. The van der Waals surface area contributed by atoms with Crippen molar-refractivity contribution in [3.8, 4) is 11.5 Å². The summed E-state index contributed by atoms with van der Waals surface area (Å²) in [6, 6.07) is 13.9. The molecule has 0 spiro atoms. The van der Waals surface area contributed by atoms with Gasteiger partial charge in [-0.15, -0.1) is 0 Å². The highest BCUT2D eigenvalue weighted by molar-refractivity contribution is 6.60. The third-order valence-corrected chi connectivity index (χ3v) is 4.57. The maximum atomic E-state index is 13.1. The maximum Gasteiger partial charge on any atom is 0.277 e. The molecule has 0 N–H and O–H groups in total. The number of ether oxygens (including phenoxy) is 2. The Morgan fingerprint density at radius 2 is 1.59 bits per heavy atom. The van der Waals surface area contributed by atoms with Crippen molar-refractivity contribution >= 4 is 34.7 Å². The predicted octanol–water partition coefficient (Wildman–Crippen LogP) is 5.03. The molecule has 1 heterocycles. The van der Waals surface area contributed by atoms with Gasteiger partial charge < -0.3 is 9.47 Å². The van der Waals surface area contributed by atoms with Gasteiger partial charge in [-0.05, 0) is 49.6 Å². The van der Waals surface area contributed by atoms with Crippen molar-refractivity contribution in [2.24, 2.45) is 5.92 Å². The van der Waals surface area contributed by atoms with Crippen molar-refractivity contribution in [2.75, 3.05) is 11.5 Å². The van der Waals surface area contributed by atoms with Gasteiger partial charge in [0.25, 0.3) is 11.8 Å². The van der Waals surface area contributed by atoms with Crippen LogP contribution in [-0.4, -0.2) is 24.5 Å². The number of hydrogen-bond acceptors (Lipinski definition) is 4. The maximum absolute atomic E-state index is 13.1. The first-order valence-corrected chi connectivity index (χ1v) is 9.95. The fourth-order valence-electron chi connectivity index (χ4n) is 2.95. The van der Waals surface area contributed by atoms with Gasteiger partial charge in [0, 0.05) is 0 Å². The number of nitrogens with zero attached hydrogens (tertiary/aromatic N) is 1. The van der Waals surface area contributed by atoms with Crippen LogP contribution in [-0.2, 0) is 9.59 Å². The Morgan fingerprint density at radius 1 is 0.931 bits per heavy atom. The molecule has 2 amide bonds. The minimum Gasteiger partial charge on any atom is -0.493 e. The fraction of sp³-hybridized carbons (Fsp3) is 0.304. The Morgan fingerprint density at radius 3 is 2.21 bits per heavy atom. The zero-order valence-electron chi connectivity index (χ0n) is 16.9. The lowest BCUT2D eigenvalue weighted by Crippen LogP contribution is -2.31. The van der Waals surface area contributed by atoms with E-state index in [2.05, 4.69) is 13.8 Å². The van der Waals surface area contributed by atoms with Gasteiger partial charge in [0.2, 0.25) is 0 Å². The molecular formula is C23H24ClNO4. The number of amides is 2. The van der Waals surface area contributed by atoms with Crippen molar-refractivity contribution in [3.63, 3.8) is 0 Å². The largest absolute Gasteiger partial charge is 0.493 e. The number of halogens is 1. The van der Waals surface area contributed by atoms with Gasteiger partial charge in [0.05, 0.1) is 24.0 Å². The second-order valence-electron chi connectivity index (χ2n) is 7.50. The van der Waals surface area contributed by atoms with E-state index in [-0.39, 0.29) is 16.7 Å². The predicted molar refractivity (Wildman–Crippen MR) is 114 cm³/mol. The lowest BCUT2D eigenvalue weighted by Gasteiger charge is -2.20. The van der Waals surface area contributed by atoms with E-state index in [0.29, 0.717) is 35.3 Å². The molecule has 0 fully saturated rings. The molecule has 1 aliphatic heterocycles. The van der Waals surface area contributed by atoms with Crippen LogP contribution in [0.1, 0.15) is 33.3 Å². The van der Waals surface area contributed by atoms with Crippen LogP contribution in [0.15, 0.2) is 53.6 Å². The summed E-state index contributed by atoms with van der Waals surface area (Å²) in [7, 11) is 0. The molecule has 1 aliphatic rings. The van der Waals surface area contributed by atoms with Gasteiger partial charge in [-0.1, -0.05) is 49.7 Å². The second kappa shape index (κ2) is 8.70. The molecule has 0 radical (unpaired) electrons. The number of carbonyl (C=O) groups is 2. The van der Waals surface area contributed by atoms with Crippen LogP contribution < -0.4 is 14.4 Å². The van der Waals surface area contributed by atoms with E-state index in [0.717, 1.165) is 4.90 Å². The molecule has 3 rings (SSSR count). The molecule has 0 atom stereocenters. The quantitative estimate of drug-likeness (QED) is 0.597. The third kappa shape index (κ3) is 4.46. The number of para-hydroxylation sites is 2. The average molecular weight is 414 g/mol. The van der Waals surface area contributed by atoms with Gasteiger partial charge in [0.15, 0.2) is 0 Å². The van der Waals surface area contributed by atoms with Crippen LogP contribution in [0.3, 0.4) is 0 Å². The summed E-state index contributed by atoms with van der Waals surface area (Å²) < 4.78 is 11.4. The summed E-state index contributed by atoms with van der Waals surface area (Å²) in [5.74, 6) is 0.514. The summed E-state index contributed by atoms with van der Waals surface area (Å²) in [5.41, 5.74) is 1.11. The molecule has 29 heavy (non-hydrogen) atoms. The van der Waals surface area contributed by atoms with E-state index in [1.54, 1.807) is 48.5 Å². The van der Waals surface area contributed by atoms with E-state index in [9.17, 15) is 9.59 Å². The molecule has 5 nitrogen and oxygen atoms in total. The standard InChI is InChI=1S/C23H24ClNO4/c1-14(2)13-28-17-11-9-16(10-12-17)20-21(24)23(27)25(22(20)26)18-7-5-6-8-19(18)29-15(3)4/h5-12,14-15H,13H2,1-4H3. The summed E-state index contributed by atoms with van der Waals surface area (Å²) >= 11 is 6.30.